The highest BCUT2D eigenvalue weighted by Gasteiger charge is 2.31. The second kappa shape index (κ2) is 11.5. The van der Waals surface area contributed by atoms with E-state index in [-0.39, 0.29) is 24.2 Å². The molecule has 6 rings (SSSR count). The minimum atomic E-state index is -4.43. The van der Waals surface area contributed by atoms with Crippen molar-refractivity contribution >= 4 is 22.9 Å². The average Bonchev–Trinajstić information content (AvgIpc) is 3.55. The SMILES string of the molecule is C[C@@H](Nc1nc(-c2noc(=O)[nH]2)nc2nc(N(C)CCc3ccccc3)n(Cc3ccc(C(F)(F)F)cc3)c12)C1CCC1. The summed E-state index contributed by atoms with van der Waals surface area (Å²) in [5.74, 6) is 1.02. The molecule has 1 fully saturated rings. The first-order valence-electron chi connectivity index (χ1n) is 14.2. The molecule has 3 heterocycles. The maximum absolute atomic E-state index is 13.3. The summed E-state index contributed by atoms with van der Waals surface area (Å²) in [6.45, 7) is 2.95. The summed E-state index contributed by atoms with van der Waals surface area (Å²) in [4.78, 5) is 30.4. The van der Waals surface area contributed by atoms with Gasteiger partial charge in [-0.2, -0.15) is 18.2 Å². The van der Waals surface area contributed by atoms with Crippen LogP contribution in [-0.2, 0) is 19.1 Å². The van der Waals surface area contributed by atoms with Gasteiger partial charge < -0.3 is 14.8 Å². The van der Waals surface area contributed by atoms with Crippen molar-refractivity contribution in [2.45, 2.75) is 51.4 Å². The molecule has 0 radical (unpaired) electrons. The Kier molecular flexibility index (Phi) is 7.63. The van der Waals surface area contributed by atoms with Crippen LogP contribution in [-0.4, -0.2) is 49.3 Å². The molecule has 0 bridgehead atoms. The van der Waals surface area contributed by atoms with Crippen molar-refractivity contribution in [3.63, 3.8) is 0 Å². The number of nitrogens with one attached hydrogen (secondary N) is 2. The molecular formula is C30H31F3N8O2. The van der Waals surface area contributed by atoms with Crippen molar-refractivity contribution in [3.8, 4) is 11.6 Å². The van der Waals surface area contributed by atoms with Gasteiger partial charge in [0.2, 0.25) is 17.6 Å². The van der Waals surface area contributed by atoms with Crippen molar-refractivity contribution in [1.29, 1.82) is 0 Å². The van der Waals surface area contributed by atoms with Crippen molar-refractivity contribution in [2.75, 3.05) is 23.8 Å². The lowest BCUT2D eigenvalue weighted by Crippen LogP contribution is -2.31. The van der Waals surface area contributed by atoms with E-state index in [0.29, 0.717) is 41.0 Å². The van der Waals surface area contributed by atoms with Crippen LogP contribution >= 0.6 is 0 Å². The van der Waals surface area contributed by atoms with Crippen molar-refractivity contribution in [1.82, 2.24) is 29.7 Å². The summed E-state index contributed by atoms with van der Waals surface area (Å²) in [6, 6.07) is 15.3. The first-order chi connectivity index (χ1) is 20.7. The summed E-state index contributed by atoms with van der Waals surface area (Å²) < 4.78 is 46.4. The van der Waals surface area contributed by atoms with E-state index < -0.39 is 17.5 Å². The summed E-state index contributed by atoms with van der Waals surface area (Å²) in [7, 11) is 1.92. The Morgan fingerprint density at radius 1 is 1.07 bits per heavy atom. The van der Waals surface area contributed by atoms with Crippen LogP contribution in [0.3, 0.4) is 0 Å². The molecule has 0 saturated heterocycles. The van der Waals surface area contributed by atoms with Gasteiger partial charge in [0.05, 0.1) is 12.1 Å². The van der Waals surface area contributed by atoms with Crippen molar-refractivity contribution in [3.05, 3.63) is 81.8 Å². The number of fused-ring (bicyclic) bond motifs is 1. The number of likely N-dealkylation sites (N-methyl/N-ethyl adjacent to an activating group) is 1. The van der Waals surface area contributed by atoms with Crippen LogP contribution in [0.2, 0.25) is 0 Å². The van der Waals surface area contributed by atoms with E-state index in [4.69, 9.17) is 14.5 Å². The molecular weight excluding hydrogens is 561 g/mol. The van der Waals surface area contributed by atoms with Gasteiger partial charge in [-0.05, 0) is 55.4 Å². The van der Waals surface area contributed by atoms with E-state index in [2.05, 4.69) is 39.5 Å². The minimum Gasteiger partial charge on any atom is -0.365 e. The summed E-state index contributed by atoms with van der Waals surface area (Å²) in [5.41, 5.74) is 2.06. The predicted molar refractivity (Wildman–Crippen MR) is 156 cm³/mol. The Morgan fingerprint density at radius 3 is 2.44 bits per heavy atom. The maximum atomic E-state index is 13.3. The van der Waals surface area contributed by atoms with Gasteiger partial charge >= 0.3 is 11.9 Å². The van der Waals surface area contributed by atoms with Crippen LogP contribution < -0.4 is 16.0 Å². The van der Waals surface area contributed by atoms with Gasteiger partial charge in [0, 0.05) is 19.6 Å². The van der Waals surface area contributed by atoms with E-state index in [1.165, 1.54) is 18.6 Å². The number of aromatic amines is 1. The zero-order chi connectivity index (χ0) is 30.1. The number of imidazole rings is 1. The molecule has 0 amide bonds. The molecule has 224 valence electrons. The van der Waals surface area contributed by atoms with Gasteiger partial charge in [0.15, 0.2) is 11.5 Å². The first kappa shape index (κ1) is 28.4. The molecule has 0 spiro atoms. The van der Waals surface area contributed by atoms with E-state index >= 15 is 0 Å². The molecule has 13 heteroatoms. The first-order valence-corrected chi connectivity index (χ1v) is 14.2. The molecule has 3 aromatic heterocycles. The highest BCUT2D eigenvalue weighted by Crippen LogP contribution is 2.35. The number of rotatable bonds is 10. The Labute approximate surface area is 245 Å². The zero-order valence-electron chi connectivity index (χ0n) is 23.7. The lowest BCUT2D eigenvalue weighted by molar-refractivity contribution is -0.137. The van der Waals surface area contributed by atoms with E-state index in [0.717, 1.165) is 37.0 Å². The van der Waals surface area contributed by atoms with Crippen LogP contribution in [0.4, 0.5) is 24.9 Å². The lowest BCUT2D eigenvalue weighted by atomic mass is 9.80. The van der Waals surface area contributed by atoms with Gasteiger partial charge in [-0.1, -0.05) is 54.0 Å². The monoisotopic (exact) mass is 592 g/mol. The predicted octanol–water partition coefficient (Wildman–Crippen LogP) is 5.52. The number of hydrogen-bond donors (Lipinski definition) is 2. The fourth-order valence-electron chi connectivity index (χ4n) is 5.29. The van der Waals surface area contributed by atoms with Crippen LogP contribution in [0, 0.1) is 5.92 Å². The minimum absolute atomic E-state index is 0.0718. The fraction of sp³-hybridized carbons (Fsp3) is 0.367. The molecule has 2 N–H and O–H groups in total. The standard InChI is InChI=1S/C30H31F3N8O2/c1-18(21-9-6-10-21)34-24-23-25(36-26(35-24)27-38-29(42)43-39-27)37-28(40(2)16-15-19-7-4-3-5-8-19)41(23)17-20-11-13-22(14-12-20)30(31,32)33/h3-5,7-8,11-14,18,21H,6,9-10,15-17H2,1-2H3,(H,34,35,36)(H,38,39,42)/t18-/m1/s1. The fourth-order valence-corrected chi connectivity index (χ4v) is 5.29. The highest BCUT2D eigenvalue weighted by molar-refractivity contribution is 5.87. The van der Waals surface area contributed by atoms with E-state index in [9.17, 15) is 18.0 Å². The number of aromatic nitrogens is 6. The molecule has 10 nitrogen and oxygen atoms in total. The highest BCUT2D eigenvalue weighted by atomic mass is 19.4. The number of halogens is 3. The van der Waals surface area contributed by atoms with Crippen LogP contribution in [0.1, 0.15) is 42.9 Å². The zero-order valence-corrected chi connectivity index (χ0v) is 23.7. The molecule has 5 aromatic rings. The van der Waals surface area contributed by atoms with E-state index in [1.807, 2.05) is 34.7 Å². The third kappa shape index (κ3) is 6.11. The lowest BCUT2D eigenvalue weighted by Gasteiger charge is -2.32. The van der Waals surface area contributed by atoms with Crippen molar-refractivity contribution in [2.24, 2.45) is 5.92 Å². The quantitative estimate of drug-likeness (QED) is 0.218. The normalized spacial score (nSPS) is 14.5. The van der Waals surface area contributed by atoms with Gasteiger partial charge in [0.1, 0.15) is 5.52 Å². The number of alkyl halides is 3. The van der Waals surface area contributed by atoms with Crippen LogP contribution in [0.5, 0.6) is 0 Å². The molecule has 1 atom stereocenters. The Morgan fingerprint density at radius 2 is 1.81 bits per heavy atom. The third-order valence-electron chi connectivity index (χ3n) is 8.00. The Bertz CT molecular complexity index is 1760. The Hall–Kier alpha value is -4.68. The van der Waals surface area contributed by atoms with Gasteiger partial charge in [-0.25, -0.2) is 14.8 Å². The van der Waals surface area contributed by atoms with E-state index in [1.54, 1.807) is 0 Å². The molecule has 0 unspecified atom stereocenters. The molecule has 0 aliphatic heterocycles. The van der Waals surface area contributed by atoms with Gasteiger partial charge in [0.25, 0.3) is 0 Å². The molecule has 43 heavy (non-hydrogen) atoms. The van der Waals surface area contributed by atoms with Gasteiger partial charge in [-0.3, -0.25) is 9.51 Å². The second-order valence-corrected chi connectivity index (χ2v) is 11.0. The maximum Gasteiger partial charge on any atom is 0.439 e. The van der Waals surface area contributed by atoms with Crippen molar-refractivity contribution < 1.29 is 17.7 Å². The smallest absolute Gasteiger partial charge is 0.365 e. The number of anilines is 2. The topological polar surface area (TPSA) is 118 Å². The molecule has 1 saturated carbocycles. The Balaban J connectivity index is 1.45. The molecule has 1 aliphatic rings. The molecule has 1 aliphatic carbocycles. The number of H-pyrrole nitrogens is 1. The number of benzene rings is 2. The summed E-state index contributed by atoms with van der Waals surface area (Å²) >= 11 is 0. The largest absolute Gasteiger partial charge is 0.439 e. The number of hydrogen-bond acceptors (Lipinski definition) is 8. The van der Waals surface area contributed by atoms with Gasteiger partial charge in [-0.15, -0.1) is 0 Å². The summed E-state index contributed by atoms with van der Waals surface area (Å²) in [5, 5.41) is 7.31. The number of nitrogens with zero attached hydrogens (tertiary/aromatic N) is 6. The van der Waals surface area contributed by atoms with Crippen LogP contribution in [0.15, 0.2) is 63.9 Å². The average molecular weight is 593 g/mol. The second-order valence-electron chi connectivity index (χ2n) is 11.0. The van der Waals surface area contributed by atoms with Crippen LogP contribution in [0.25, 0.3) is 22.8 Å². The molecule has 2 aromatic carbocycles. The summed E-state index contributed by atoms with van der Waals surface area (Å²) in [6.07, 6.45) is -0.302. The third-order valence-corrected chi connectivity index (χ3v) is 8.00.